The smallest absolute Gasteiger partial charge is 0.255 e. The van der Waals surface area contributed by atoms with Crippen LogP contribution < -0.4 is 20.7 Å². The van der Waals surface area contributed by atoms with E-state index in [0.717, 1.165) is 22.7 Å². The van der Waals surface area contributed by atoms with Gasteiger partial charge >= 0.3 is 0 Å². The van der Waals surface area contributed by atoms with E-state index < -0.39 is 18.0 Å². The molecule has 4 amide bonds. The van der Waals surface area contributed by atoms with Crippen molar-refractivity contribution in [1.82, 2.24) is 25.8 Å². The molecule has 0 bridgehead atoms. The summed E-state index contributed by atoms with van der Waals surface area (Å²) in [6.07, 6.45) is 2.41. The molecule has 1 aliphatic rings. The predicted molar refractivity (Wildman–Crippen MR) is 179 cm³/mol. The summed E-state index contributed by atoms with van der Waals surface area (Å²) >= 11 is 1.59. The van der Waals surface area contributed by atoms with Gasteiger partial charge in [-0.1, -0.05) is 56.3 Å². The van der Waals surface area contributed by atoms with Crippen LogP contribution in [0.3, 0.4) is 0 Å². The molecule has 0 aliphatic carbocycles. The van der Waals surface area contributed by atoms with Gasteiger partial charge in [-0.15, -0.1) is 11.3 Å². The van der Waals surface area contributed by atoms with Crippen LogP contribution in [-0.4, -0.2) is 71.8 Å². The zero-order chi connectivity index (χ0) is 33.1. The van der Waals surface area contributed by atoms with Gasteiger partial charge in [-0.25, -0.2) is 4.98 Å². The lowest BCUT2D eigenvalue weighted by Gasteiger charge is -2.32. The summed E-state index contributed by atoms with van der Waals surface area (Å²) in [7, 11) is 1.73. The van der Waals surface area contributed by atoms with Crippen LogP contribution in [0.5, 0.6) is 5.75 Å². The van der Waals surface area contributed by atoms with Crippen LogP contribution in [0.15, 0.2) is 60.0 Å². The van der Waals surface area contributed by atoms with E-state index in [1.54, 1.807) is 47.5 Å². The molecule has 0 saturated heterocycles. The molecule has 3 atom stereocenters. The summed E-state index contributed by atoms with van der Waals surface area (Å²) in [5, 5.41) is 11.7. The van der Waals surface area contributed by atoms with Gasteiger partial charge in [0.05, 0.1) is 16.6 Å². The number of hydrogen-bond donors (Lipinski definition) is 3. The molecule has 0 saturated carbocycles. The normalized spacial score (nSPS) is 19.7. The maximum Gasteiger partial charge on any atom is 0.255 e. The molecule has 2 heterocycles. The van der Waals surface area contributed by atoms with Gasteiger partial charge in [0.25, 0.3) is 5.91 Å². The zero-order valence-electron chi connectivity index (χ0n) is 27.1. The Balaban J connectivity index is 1.57. The van der Waals surface area contributed by atoms with Crippen molar-refractivity contribution in [3.05, 3.63) is 81.8 Å². The molecule has 46 heavy (non-hydrogen) atoms. The average Bonchev–Trinajstić information content (AvgIpc) is 3.46. The summed E-state index contributed by atoms with van der Waals surface area (Å²) in [5.41, 5.74) is 2.27. The van der Waals surface area contributed by atoms with E-state index in [1.807, 2.05) is 56.5 Å². The number of amides is 4. The second kappa shape index (κ2) is 16.9. The Morgan fingerprint density at radius 3 is 2.54 bits per heavy atom. The highest BCUT2D eigenvalue weighted by Crippen LogP contribution is 2.21. The number of nitrogens with one attached hydrogen (secondary N) is 3. The van der Waals surface area contributed by atoms with Crippen LogP contribution in [-0.2, 0) is 27.2 Å². The number of aryl methyl sites for hydroxylation is 2. The number of hydrogen-bond acceptors (Lipinski definition) is 7. The minimum absolute atomic E-state index is 0.0477. The van der Waals surface area contributed by atoms with Crippen LogP contribution in [0.25, 0.3) is 0 Å². The van der Waals surface area contributed by atoms with Crippen molar-refractivity contribution in [3.63, 3.8) is 0 Å². The number of carbonyl (C=O) groups is 4. The first-order valence-corrected chi connectivity index (χ1v) is 16.8. The van der Waals surface area contributed by atoms with Crippen LogP contribution in [0.4, 0.5) is 0 Å². The van der Waals surface area contributed by atoms with Crippen molar-refractivity contribution in [2.24, 2.45) is 5.92 Å². The molecule has 0 radical (unpaired) electrons. The molecular formula is C35H45N5O5S. The average molecular weight is 648 g/mol. The van der Waals surface area contributed by atoms with Gasteiger partial charge in [-0.2, -0.15) is 0 Å². The van der Waals surface area contributed by atoms with Crippen molar-refractivity contribution < 1.29 is 23.9 Å². The third-order valence-electron chi connectivity index (χ3n) is 7.93. The molecular weight excluding hydrogens is 602 g/mol. The molecule has 0 spiro atoms. The Morgan fingerprint density at radius 2 is 1.83 bits per heavy atom. The maximum absolute atomic E-state index is 13.9. The standard InChI is InChI=1S/C35H45N5O5S/c1-23(2)19-29-35(44)40(4)26(20-25-11-6-5-7-12-25)21-45-30-14-9-8-13-27(30)33(42)39-28(16-17-31(41)38-29)34(43)36-18-10-15-32-37-24(3)22-46-32/h5-9,11-14,22-23,26,28-29H,10,15-21H2,1-4H3,(H,36,43)(H,38,41)(H,39,42)/t26-,28+,29+/m1/s1. The minimum atomic E-state index is -0.966. The third kappa shape index (κ3) is 10.1. The zero-order valence-corrected chi connectivity index (χ0v) is 27.9. The Morgan fingerprint density at radius 1 is 1.09 bits per heavy atom. The van der Waals surface area contributed by atoms with Gasteiger partial charge < -0.3 is 25.6 Å². The second-order valence-corrected chi connectivity index (χ2v) is 13.1. The van der Waals surface area contributed by atoms with Gasteiger partial charge in [-0.3, -0.25) is 19.2 Å². The monoisotopic (exact) mass is 647 g/mol. The van der Waals surface area contributed by atoms with E-state index in [2.05, 4.69) is 20.9 Å². The summed E-state index contributed by atoms with van der Waals surface area (Å²) in [6.45, 7) is 6.47. The van der Waals surface area contributed by atoms with E-state index >= 15 is 0 Å². The van der Waals surface area contributed by atoms with Crippen LogP contribution >= 0.6 is 11.3 Å². The number of nitrogens with zero attached hydrogens (tertiary/aromatic N) is 2. The molecule has 246 valence electrons. The summed E-state index contributed by atoms with van der Waals surface area (Å²) in [5.74, 6) is -0.938. The number of fused-ring (bicyclic) bond motifs is 1. The third-order valence-corrected chi connectivity index (χ3v) is 8.95. The first-order valence-electron chi connectivity index (χ1n) is 15.9. The van der Waals surface area contributed by atoms with Crippen LogP contribution in [0.2, 0.25) is 0 Å². The van der Waals surface area contributed by atoms with Crippen molar-refractivity contribution in [3.8, 4) is 5.75 Å². The van der Waals surface area contributed by atoms with Gasteiger partial charge in [-0.05, 0) is 56.2 Å². The summed E-state index contributed by atoms with van der Waals surface area (Å²) in [6, 6.07) is 14.6. The highest BCUT2D eigenvalue weighted by Gasteiger charge is 2.31. The van der Waals surface area contributed by atoms with Crippen molar-refractivity contribution >= 4 is 35.0 Å². The lowest BCUT2D eigenvalue weighted by molar-refractivity contribution is -0.138. The predicted octanol–water partition coefficient (Wildman–Crippen LogP) is 4.07. The van der Waals surface area contributed by atoms with Crippen molar-refractivity contribution in [2.45, 2.75) is 77.4 Å². The largest absolute Gasteiger partial charge is 0.491 e. The van der Waals surface area contributed by atoms with E-state index in [-0.39, 0.29) is 54.7 Å². The number of carbonyl (C=O) groups excluding carboxylic acids is 4. The molecule has 3 aromatic rings. The fourth-order valence-electron chi connectivity index (χ4n) is 5.42. The van der Waals surface area contributed by atoms with Crippen LogP contribution in [0, 0.1) is 12.8 Å². The number of aromatic nitrogens is 1. The Hall–Kier alpha value is -4.25. The lowest BCUT2D eigenvalue weighted by Crippen LogP contribution is -2.53. The van der Waals surface area contributed by atoms with E-state index in [1.165, 1.54) is 0 Å². The molecule has 1 aliphatic heterocycles. The molecule has 10 nitrogen and oxygen atoms in total. The second-order valence-electron chi connectivity index (χ2n) is 12.2. The number of ether oxygens (including phenoxy) is 1. The van der Waals surface area contributed by atoms with E-state index in [4.69, 9.17) is 4.74 Å². The number of likely N-dealkylation sites (N-methyl/N-ethyl adjacent to an activating group) is 1. The Labute approximate surface area is 275 Å². The molecule has 4 rings (SSSR count). The molecule has 3 N–H and O–H groups in total. The SMILES string of the molecule is Cc1csc(CCCNC(=O)[C@@H]2CCC(=O)N[C@@H](CC(C)C)C(=O)N(C)[C@H](Cc3ccccc3)COc3ccccc3C(=O)N2)n1. The molecule has 11 heteroatoms. The number of benzene rings is 2. The Bertz CT molecular complexity index is 1480. The molecule has 2 aromatic carbocycles. The molecule has 0 unspecified atom stereocenters. The van der Waals surface area contributed by atoms with Crippen LogP contribution in [0.1, 0.15) is 66.2 Å². The minimum Gasteiger partial charge on any atom is -0.491 e. The molecule has 1 aromatic heterocycles. The summed E-state index contributed by atoms with van der Waals surface area (Å²) < 4.78 is 6.25. The van der Waals surface area contributed by atoms with Gasteiger partial charge in [0.2, 0.25) is 17.7 Å². The first kappa shape index (κ1) is 34.6. The first-order chi connectivity index (χ1) is 22.1. The van der Waals surface area contributed by atoms with Crippen molar-refractivity contribution in [1.29, 1.82) is 0 Å². The van der Waals surface area contributed by atoms with Gasteiger partial charge in [0.15, 0.2) is 0 Å². The molecule has 0 fully saturated rings. The lowest BCUT2D eigenvalue weighted by atomic mass is 10.00. The van der Waals surface area contributed by atoms with Crippen molar-refractivity contribution in [2.75, 3.05) is 20.2 Å². The maximum atomic E-state index is 13.9. The number of para-hydroxylation sites is 1. The van der Waals surface area contributed by atoms with Gasteiger partial charge in [0.1, 0.15) is 24.4 Å². The quantitative estimate of drug-likeness (QED) is 0.301. The van der Waals surface area contributed by atoms with Gasteiger partial charge in [0, 0.05) is 37.5 Å². The fraction of sp³-hybridized carbons (Fsp3) is 0.457. The number of thiazole rings is 1. The Kier molecular flexibility index (Phi) is 12.7. The topological polar surface area (TPSA) is 130 Å². The highest BCUT2D eigenvalue weighted by molar-refractivity contribution is 7.09. The fourth-order valence-corrected chi connectivity index (χ4v) is 6.24. The van der Waals surface area contributed by atoms with E-state index in [9.17, 15) is 19.2 Å². The summed E-state index contributed by atoms with van der Waals surface area (Å²) in [4.78, 5) is 60.2. The highest BCUT2D eigenvalue weighted by atomic mass is 32.1. The number of rotatable bonds is 9. The van der Waals surface area contributed by atoms with E-state index in [0.29, 0.717) is 31.6 Å².